The van der Waals surface area contributed by atoms with Gasteiger partial charge in [-0.25, -0.2) is 9.99 Å². The van der Waals surface area contributed by atoms with Gasteiger partial charge in [0.25, 0.3) is 11.8 Å². The molecule has 2 heterocycles. The van der Waals surface area contributed by atoms with E-state index >= 15 is 0 Å². The Morgan fingerprint density at radius 3 is 2.50 bits per heavy atom. The van der Waals surface area contributed by atoms with Gasteiger partial charge in [0.2, 0.25) is 5.91 Å². The van der Waals surface area contributed by atoms with Gasteiger partial charge in [-0.2, -0.15) is 5.10 Å². The molecule has 0 bridgehead atoms. The average molecular weight is 448 g/mol. The average Bonchev–Trinajstić information content (AvgIpc) is 3.29. The number of anilines is 3. The molecule has 32 heavy (non-hydrogen) atoms. The number of benzene rings is 2. The minimum atomic E-state index is -0.382. The molecule has 4 rings (SSSR count). The molecule has 9 heteroatoms. The van der Waals surface area contributed by atoms with Crippen LogP contribution in [0.1, 0.15) is 34.3 Å². The van der Waals surface area contributed by atoms with Gasteiger partial charge < -0.3 is 5.32 Å². The maximum atomic E-state index is 12.8. The summed E-state index contributed by atoms with van der Waals surface area (Å²) in [6, 6.07) is 12.3. The Morgan fingerprint density at radius 1 is 1.00 bits per heavy atom. The summed E-state index contributed by atoms with van der Waals surface area (Å²) in [5.74, 6) is -0.809. The zero-order valence-electron chi connectivity index (χ0n) is 17.6. The molecule has 162 valence electrons. The number of thiazole rings is 1. The molecule has 0 unspecified atom stereocenters. The summed E-state index contributed by atoms with van der Waals surface area (Å²) in [5.41, 5.74) is 3.83. The van der Waals surface area contributed by atoms with Crippen molar-refractivity contribution in [3.8, 4) is 0 Å². The normalized spacial score (nSPS) is 13.5. The highest BCUT2D eigenvalue weighted by molar-refractivity contribution is 7.13. The molecule has 3 amide bonds. The van der Waals surface area contributed by atoms with E-state index in [0.29, 0.717) is 22.1 Å². The van der Waals surface area contributed by atoms with E-state index in [-0.39, 0.29) is 36.3 Å². The van der Waals surface area contributed by atoms with E-state index in [0.717, 1.165) is 11.1 Å². The predicted molar refractivity (Wildman–Crippen MR) is 125 cm³/mol. The minimum Gasteiger partial charge on any atom is -0.321 e. The van der Waals surface area contributed by atoms with Gasteiger partial charge in [0, 0.05) is 35.7 Å². The summed E-state index contributed by atoms with van der Waals surface area (Å²) >= 11 is 1.33. The fourth-order valence-electron chi connectivity index (χ4n) is 3.22. The number of nitrogens with zero attached hydrogens (tertiary/aromatic N) is 3. The van der Waals surface area contributed by atoms with Crippen molar-refractivity contribution in [2.24, 2.45) is 5.10 Å². The molecule has 3 aromatic rings. The largest absolute Gasteiger partial charge is 0.321 e. The Hall–Kier alpha value is -3.85. The first-order valence-corrected chi connectivity index (χ1v) is 10.9. The number of hydrogen-bond acceptors (Lipinski definition) is 6. The Bertz CT molecular complexity index is 1200. The van der Waals surface area contributed by atoms with Crippen molar-refractivity contribution in [2.75, 3.05) is 15.6 Å². The molecule has 0 fully saturated rings. The number of aromatic nitrogens is 1. The van der Waals surface area contributed by atoms with Gasteiger partial charge in [0.15, 0.2) is 5.13 Å². The monoisotopic (exact) mass is 447 g/mol. The van der Waals surface area contributed by atoms with E-state index in [1.165, 1.54) is 16.3 Å². The van der Waals surface area contributed by atoms with Crippen molar-refractivity contribution >= 4 is 51.3 Å². The van der Waals surface area contributed by atoms with Crippen LogP contribution in [0.2, 0.25) is 0 Å². The van der Waals surface area contributed by atoms with Gasteiger partial charge >= 0.3 is 0 Å². The summed E-state index contributed by atoms with van der Waals surface area (Å²) in [6.07, 6.45) is 2.08. The van der Waals surface area contributed by atoms with E-state index in [1.54, 1.807) is 35.8 Å². The molecule has 2 aromatic carbocycles. The van der Waals surface area contributed by atoms with E-state index in [4.69, 9.17) is 0 Å². The van der Waals surface area contributed by atoms with Crippen LogP contribution in [0.3, 0.4) is 0 Å². The quantitative estimate of drug-likeness (QED) is 0.614. The minimum absolute atomic E-state index is 0.147. The van der Waals surface area contributed by atoms with Gasteiger partial charge in [-0.1, -0.05) is 12.1 Å². The molecule has 0 aliphatic carbocycles. The van der Waals surface area contributed by atoms with Gasteiger partial charge in [-0.15, -0.1) is 11.3 Å². The van der Waals surface area contributed by atoms with Crippen LogP contribution >= 0.6 is 11.3 Å². The van der Waals surface area contributed by atoms with Gasteiger partial charge in [0.05, 0.1) is 5.69 Å². The van der Waals surface area contributed by atoms with E-state index in [9.17, 15) is 14.4 Å². The van der Waals surface area contributed by atoms with E-state index in [2.05, 4.69) is 20.7 Å². The van der Waals surface area contributed by atoms with Crippen molar-refractivity contribution in [3.63, 3.8) is 0 Å². The molecular weight excluding hydrogens is 426 g/mol. The number of hydrogen-bond donors (Lipinski definition) is 2. The summed E-state index contributed by atoms with van der Waals surface area (Å²) in [5, 5.41) is 13.4. The number of hydrazone groups is 1. The second-order valence-corrected chi connectivity index (χ2v) is 8.26. The van der Waals surface area contributed by atoms with Crippen molar-refractivity contribution in [1.82, 2.24) is 4.98 Å². The number of amides is 3. The molecule has 0 saturated heterocycles. The lowest BCUT2D eigenvalue weighted by atomic mass is 10.1. The maximum Gasteiger partial charge on any atom is 0.271 e. The zero-order valence-corrected chi connectivity index (χ0v) is 18.4. The van der Waals surface area contributed by atoms with Crippen LogP contribution < -0.4 is 15.6 Å². The number of carbonyl (C=O) groups is 3. The molecule has 0 spiro atoms. The third-order valence-corrected chi connectivity index (χ3v) is 5.63. The summed E-state index contributed by atoms with van der Waals surface area (Å²) in [4.78, 5) is 41.5. The Labute approximate surface area is 189 Å². The van der Waals surface area contributed by atoms with Crippen molar-refractivity contribution in [2.45, 2.75) is 26.7 Å². The number of carbonyl (C=O) groups excluding carboxylic acids is 3. The maximum absolute atomic E-state index is 12.8. The third-order valence-electron chi connectivity index (χ3n) is 4.95. The first-order chi connectivity index (χ1) is 15.4. The first-order valence-electron chi connectivity index (χ1n) is 10.0. The Morgan fingerprint density at radius 2 is 1.78 bits per heavy atom. The number of nitrogens with one attached hydrogen (secondary N) is 2. The highest BCUT2D eigenvalue weighted by Gasteiger charge is 2.26. The molecule has 1 aliphatic heterocycles. The molecule has 0 saturated carbocycles. The SMILES string of the molecule is Cc1ccc(C)c(N2N=C(C(=O)Nc3ccc(C(=O)Nc4nccs4)cc3)CCC2=O)c1. The van der Waals surface area contributed by atoms with Crippen LogP contribution in [-0.2, 0) is 9.59 Å². The van der Waals surface area contributed by atoms with Gasteiger partial charge in [0.1, 0.15) is 5.71 Å². The second kappa shape index (κ2) is 9.11. The second-order valence-electron chi connectivity index (χ2n) is 7.37. The van der Waals surface area contributed by atoms with Crippen molar-refractivity contribution < 1.29 is 14.4 Å². The fraction of sp³-hybridized carbons (Fsp3) is 0.174. The molecule has 0 atom stereocenters. The highest BCUT2D eigenvalue weighted by Crippen LogP contribution is 2.25. The van der Waals surface area contributed by atoms with Crippen LogP contribution in [0, 0.1) is 13.8 Å². The van der Waals surface area contributed by atoms with Crippen molar-refractivity contribution in [1.29, 1.82) is 0 Å². The molecule has 2 N–H and O–H groups in total. The molecule has 8 nitrogen and oxygen atoms in total. The summed E-state index contributed by atoms with van der Waals surface area (Å²) < 4.78 is 0. The summed E-state index contributed by atoms with van der Waals surface area (Å²) in [7, 11) is 0. The van der Waals surface area contributed by atoms with Crippen molar-refractivity contribution in [3.05, 3.63) is 70.7 Å². The molecular formula is C23H21N5O3S. The van der Waals surface area contributed by atoms with E-state index in [1.807, 2.05) is 32.0 Å². The zero-order chi connectivity index (χ0) is 22.7. The Balaban J connectivity index is 1.46. The van der Waals surface area contributed by atoms with E-state index < -0.39 is 0 Å². The van der Waals surface area contributed by atoms with Crippen LogP contribution in [0.5, 0.6) is 0 Å². The van der Waals surface area contributed by atoms with Crippen LogP contribution in [-0.4, -0.2) is 28.4 Å². The molecule has 0 radical (unpaired) electrons. The molecule has 1 aromatic heterocycles. The van der Waals surface area contributed by atoms with Gasteiger partial charge in [-0.05, 0) is 55.3 Å². The van der Waals surface area contributed by atoms with Crippen LogP contribution in [0.4, 0.5) is 16.5 Å². The number of rotatable bonds is 5. The smallest absolute Gasteiger partial charge is 0.271 e. The Kier molecular flexibility index (Phi) is 6.09. The predicted octanol–water partition coefficient (Wildman–Crippen LogP) is 4.13. The molecule has 1 aliphatic rings. The first kappa shape index (κ1) is 21.4. The van der Waals surface area contributed by atoms with Crippen LogP contribution in [0.15, 0.2) is 59.1 Å². The van der Waals surface area contributed by atoms with Crippen LogP contribution in [0.25, 0.3) is 0 Å². The lowest BCUT2D eigenvalue weighted by Gasteiger charge is -2.24. The highest BCUT2D eigenvalue weighted by atomic mass is 32.1. The standard InChI is InChI=1S/C23H21N5O3S/c1-14-3-4-15(2)19(13-14)28-20(29)10-9-18(27-28)22(31)25-17-7-5-16(6-8-17)21(30)26-23-24-11-12-32-23/h3-8,11-13H,9-10H2,1-2H3,(H,25,31)(H,24,26,30). The third kappa shape index (κ3) is 4.73. The van der Waals surface area contributed by atoms with Gasteiger partial charge in [-0.3, -0.25) is 19.7 Å². The topological polar surface area (TPSA) is 104 Å². The lowest BCUT2D eigenvalue weighted by molar-refractivity contribution is -0.118. The lowest BCUT2D eigenvalue weighted by Crippen LogP contribution is -2.36. The summed E-state index contributed by atoms with van der Waals surface area (Å²) in [6.45, 7) is 3.84. The fourth-order valence-corrected chi connectivity index (χ4v) is 3.74. The number of aryl methyl sites for hydroxylation is 2.